The van der Waals surface area contributed by atoms with Gasteiger partial charge in [0.2, 0.25) is 18.2 Å². The molecule has 4 atom stereocenters. The van der Waals surface area contributed by atoms with Crippen molar-refractivity contribution in [2.75, 3.05) is 31.2 Å². The number of hydrogen-bond donors (Lipinski definition) is 4. The van der Waals surface area contributed by atoms with Crippen LogP contribution in [-0.4, -0.2) is 90.4 Å². The van der Waals surface area contributed by atoms with Crippen molar-refractivity contribution < 1.29 is 23.9 Å². The summed E-state index contributed by atoms with van der Waals surface area (Å²) in [5, 5.41) is 6.90. The number of hydrogen-bond acceptors (Lipinski definition) is 12. The van der Waals surface area contributed by atoms with Gasteiger partial charge >= 0.3 is 6.01 Å². The Kier molecular flexibility index (Phi) is 11.5. The molecule has 56 heavy (non-hydrogen) atoms. The van der Waals surface area contributed by atoms with Crippen LogP contribution >= 0.6 is 0 Å². The molecule has 0 saturated carbocycles. The number of rotatable bonds is 14. The first-order valence-electron chi connectivity index (χ1n) is 19.1. The second-order valence-electron chi connectivity index (χ2n) is 14.9. The molecule has 2 aliphatic rings. The summed E-state index contributed by atoms with van der Waals surface area (Å²) in [5.41, 5.74) is 11.5. The van der Waals surface area contributed by atoms with E-state index in [0.717, 1.165) is 71.0 Å². The molecule has 5 aromatic rings. The number of imidazole rings is 2. The third-order valence-corrected chi connectivity index (χ3v) is 10.5. The lowest BCUT2D eigenvalue weighted by Crippen LogP contribution is -2.45. The minimum absolute atomic E-state index is 0.00838. The van der Waals surface area contributed by atoms with Crippen LogP contribution in [0.15, 0.2) is 70.4 Å². The standard InChI is InChI=1S/C40H49N11O5/c1-23(2)33(44-22-55-54-5)37(52)50-18-6-8-31(50)35-42-20-29(45-35)27-14-10-25(11-15-27)26-12-16-28(17-13-26)30-21-43-36(46-30)32-9-7-19-51(32)38(53)34(24(3)4)47-40-48-39(41)56-49-40/h10-17,20-24,31-34H,6-9,18-19H2,1-5H3,(H,42,45)(H,43,46)(H3,41,47,48,49)/t31-,32-,33-,34-/m0/s1. The van der Waals surface area contributed by atoms with Crippen LogP contribution in [0.3, 0.4) is 0 Å². The van der Waals surface area contributed by atoms with Gasteiger partial charge in [0, 0.05) is 13.1 Å². The van der Waals surface area contributed by atoms with Gasteiger partial charge in [0.25, 0.3) is 5.95 Å². The van der Waals surface area contributed by atoms with Gasteiger partial charge in [-0.2, -0.15) is 9.87 Å². The van der Waals surface area contributed by atoms with Crippen LogP contribution < -0.4 is 11.1 Å². The molecule has 0 radical (unpaired) electrons. The molecule has 3 aromatic heterocycles. The van der Waals surface area contributed by atoms with E-state index in [9.17, 15) is 9.59 Å². The van der Waals surface area contributed by atoms with Crippen LogP contribution in [0.4, 0.5) is 12.0 Å². The molecule has 0 spiro atoms. The fraction of sp³-hybridized carbons (Fsp3) is 0.425. The number of H-pyrrole nitrogens is 2. The number of carbonyl (C=O) groups excluding carboxylic acids is 2. The maximum atomic E-state index is 13.8. The minimum Gasteiger partial charge on any atom is -0.351 e. The zero-order valence-corrected chi connectivity index (χ0v) is 32.3. The minimum atomic E-state index is -0.573. The van der Waals surface area contributed by atoms with Crippen LogP contribution in [0.25, 0.3) is 33.6 Å². The van der Waals surface area contributed by atoms with E-state index in [1.165, 1.54) is 13.5 Å². The second kappa shape index (κ2) is 16.8. The normalized spacial score (nSPS) is 18.3. The molecular formula is C40H49N11O5. The Bertz CT molecular complexity index is 2120. The van der Waals surface area contributed by atoms with Crippen LogP contribution in [-0.2, 0) is 19.4 Å². The number of carbonyl (C=O) groups is 2. The number of benzene rings is 2. The maximum absolute atomic E-state index is 13.8. The molecule has 0 aliphatic carbocycles. The summed E-state index contributed by atoms with van der Waals surface area (Å²) in [5.74, 6) is 1.58. The molecule has 7 rings (SSSR count). The topological polar surface area (TPSA) is 206 Å². The summed E-state index contributed by atoms with van der Waals surface area (Å²) < 4.78 is 4.88. The molecule has 2 amide bonds. The highest BCUT2D eigenvalue weighted by molar-refractivity contribution is 5.85. The van der Waals surface area contributed by atoms with Gasteiger partial charge in [-0.1, -0.05) is 76.2 Å². The van der Waals surface area contributed by atoms with E-state index in [1.807, 2.05) is 49.9 Å². The Morgan fingerprint density at radius 3 is 1.82 bits per heavy atom. The van der Waals surface area contributed by atoms with E-state index >= 15 is 0 Å². The van der Waals surface area contributed by atoms with Gasteiger partial charge in [-0.15, -0.1) is 0 Å². The monoisotopic (exact) mass is 763 g/mol. The van der Waals surface area contributed by atoms with Crippen molar-refractivity contribution in [1.82, 2.24) is 39.9 Å². The van der Waals surface area contributed by atoms with Crippen molar-refractivity contribution >= 4 is 30.2 Å². The lowest BCUT2D eigenvalue weighted by atomic mass is 10.0. The average Bonchev–Trinajstić information content (AvgIpc) is 4.05. The van der Waals surface area contributed by atoms with Gasteiger partial charge in [0.1, 0.15) is 23.7 Å². The molecule has 0 bridgehead atoms. The van der Waals surface area contributed by atoms with Crippen molar-refractivity contribution in [3.8, 4) is 33.6 Å². The predicted molar refractivity (Wildman–Crippen MR) is 211 cm³/mol. The summed E-state index contributed by atoms with van der Waals surface area (Å²) in [4.78, 5) is 65.2. The lowest BCUT2D eigenvalue weighted by Gasteiger charge is -2.30. The van der Waals surface area contributed by atoms with Gasteiger partial charge < -0.3 is 40.2 Å². The molecule has 0 unspecified atom stereocenters. The molecule has 2 aliphatic heterocycles. The van der Waals surface area contributed by atoms with E-state index in [-0.39, 0.29) is 47.7 Å². The largest absolute Gasteiger partial charge is 0.351 e. The van der Waals surface area contributed by atoms with E-state index in [0.29, 0.717) is 13.1 Å². The van der Waals surface area contributed by atoms with E-state index in [4.69, 9.17) is 25.1 Å². The van der Waals surface area contributed by atoms with Gasteiger partial charge in [-0.05, 0) is 64.9 Å². The Hall–Kier alpha value is -6.03. The van der Waals surface area contributed by atoms with Crippen molar-refractivity contribution in [3.63, 3.8) is 0 Å². The number of nitrogens with zero attached hydrogens (tertiary/aromatic N) is 7. The van der Waals surface area contributed by atoms with Gasteiger partial charge in [0.05, 0.1) is 43.0 Å². The van der Waals surface area contributed by atoms with Gasteiger partial charge in [-0.3, -0.25) is 9.59 Å². The van der Waals surface area contributed by atoms with Crippen molar-refractivity contribution in [1.29, 1.82) is 0 Å². The Labute approximate surface area is 325 Å². The van der Waals surface area contributed by atoms with Gasteiger partial charge in [0.15, 0.2) is 0 Å². The number of anilines is 2. The molecule has 5 heterocycles. The number of nitrogens with two attached hydrogens (primary N) is 1. The smallest absolute Gasteiger partial charge is 0.320 e. The highest BCUT2D eigenvalue weighted by atomic mass is 17.2. The lowest BCUT2D eigenvalue weighted by molar-refractivity contribution is -0.188. The first-order chi connectivity index (χ1) is 27.1. The third kappa shape index (κ3) is 8.15. The molecule has 2 saturated heterocycles. The highest BCUT2D eigenvalue weighted by Gasteiger charge is 2.38. The molecule has 5 N–H and O–H groups in total. The SMILES string of the molecule is COOC=N[C@H](C(=O)N1CCC[C@H]1c1ncc(-c2ccc(-c3ccc(-c4cnc([C@@H]5CCCN5C(=O)[C@@H](Nc5noc(N)n5)C(C)C)[nH]4)cc3)cc2)[nH]1)C(C)C. The highest BCUT2D eigenvalue weighted by Crippen LogP contribution is 2.35. The average molecular weight is 764 g/mol. The van der Waals surface area contributed by atoms with Crippen LogP contribution in [0.2, 0.25) is 0 Å². The van der Waals surface area contributed by atoms with Crippen LogP contribution in [0.1, 0.15) is 77.1 Å². The molecule has 16 heteroatoms. The van der Waals surface area contributed by atoms with Crippen molar-refractivity contribution in [2.24, 2.45) is 16.8 Å². The van der Waals surface area contributed by atoms with E-state index < -0.39 is 12.1 Å². The fourth-order valence-electron chi connectivity index (χ4n) is 7.57. The summed E-state index contributed by atoms with van der Waals surface area (Å²) in [6, 6.07) is 15.2. The summed E-state index contributed by atoms with van der Waals surface area (Å²) >= 11 is 0. The Balaban J connectivity index is 0.995. The Morgan fingerprint density at radius 2 is 1.36 bits per heavy atom. The molecular weight excluding hydrogens is 715 g/mol. The van der Waals surface area contributed by atoms with Crippen molar-refractivity contribution in [3.05, 3.63) is 72.6 Å². The zero-order chi connectivity index (χ0) is 39.3. The van der Waals surface area contributed by atoms with Crippen LogP contribution in [0.5, 0.6) is 0 Å². The summed E-state index contributed by atoms with van der Waals surface area (Å²) in [6.07, 6.45) is 8.25. The summed E-state index contributed by atoms with van der Waals surface area (Å²) in [6.45, 7) is 9.16. The summed E-state index contributed by atoms with van der Waals surface area (Å²) in [7, 11) is 1.39. The number of nitrogen functional groups attached to an aromatic ring is 1. The fourth-order valence-corrected chi connectivity index (χ4v) is 7.57. The number of aromatic nitrogens is 6. The quantitative estimate of drug-likeness (QED) is 0.0434. The van der Waals surface area contributed by atoms with Crippen molar-refractivity contribution in [2.45, 2.75) is 77.5 Å². The van der Waals surface area contributed by atoms with E-state index in [2.05, 4.69) is 83.8 Å². The molecule has 2 fully saturated rings. The predicted octanol–water partition coefficient (Wildman–Crippen LogP) is 6.19. The number of likely N-dealkylation sites (tertiary alicyclic amines) is 2. The third-order valence-electron chi connectivity index (χ3n) is 10.5. The zero-order valence-electron chi connectivity index (χ0n) is 32.3. The van der Waals surface area contributed by atoms with Gasteiger partial charge in [-0.25, -0.2) is 15.0 Å². The number of aliphatic imine (C=N–C) groups is 1. The number of aromatic amines is 2. The van der Waals surface area contributed by atoms with E-state index in [1.54, 1.807) is 0 Å². The first-order valence-corrected chi connectivity index (χ1v) is 19.1. The van der Waals surface area contributed by atoms with Crippen LogP contribution in [0, 0.1) is 11.8 Å². The number of nitrogens with one attached hydrogen (secondary N) is 3. The Morgan fingerprint density at radius 1 is 0.839 bits per heavy atom. The number of amides is 2. The molecule has 16 nitrogen and oxygen atoms in total. The molecule has 294 valence electrons. The molecule has 2 aromatic carbocycles. The second-order valence-corrected chi connectivity index (χ2v) is 14.9. The maximum Gasteiger partial charge on any atom is 0.320 e. The first kappa shape index (κ1) is 38.3.